The SMILES string of the molecule is c1ccc(-c2nc(-c3ccc(-c4nc(-c5ccccc5)nc5c4sc4ccccc45)cc3)c3sc4ccccc4c3n2)cc1. The summed E-state index contributed by atoms with van der Waals surface area (Å²) in [6, 6.07) is 46.0. The van der Waals surface area contributed by atoms with Crippen molar-refractivity contribution in [1.82, 2.24) is 19.9 Å². The minimum atomic E-state index is 0.732. The van der Waals surface area contributed by atoms with E-state index in [1.165, 1.54) is 9.40 Å². The van der Waals surface area contributed by atoms with Crippen molar-refractivity contribution in [3.63, 3.8) is 0 Å². The second kappa shape index (κ2) is 10.2. The number of aromatic nitrogens is 4. The lowest BCUT2D eigenvalue weighted by atomic mass is 10.0. The summed E-state index contributed by atoms with van der Waals surface area (Å²) < 4.78 is 4.61. The third-order valence-electron chi connectivity index (χ3n) is 7.94. The van der Waals surface area contributed by atoms with Gasteiger partial charge in [-0.05, 0) is 12.1 Å². The predicted molar refractivity (Wildman–Crippen MR) is 185 cm³/mol. The average molecular weight is 599 g/mol. The number of thiophene rings is 2. The van der Waals surface area contributed by atoms with Gasteiger partial charge in [-0.1, -0.05) is 121 Å². The molecule has 0 bridgehead atoms. The van der Waals surface area contributed by atoms with E-state index in [9.17, 15) is 0 Å². The van der Waals surface area contributed by atoms with Crippen LogP contribution in [0.2, 0.25) is 0 Å². The van der Waals surface area contributed by atoms with Gasteiger partial charge in [0.05, 0.1) is 31.8 Å². The van der Waals surface area contributed by atoms with Crippen LogP contribution in [0.15, 0.2) is 133 Å². The first-order chi connectivity index (χ1) is 21.8. The molecule has 0 fully saturated rings. The highest BCUT2D eigenvalue weighted by atomic mass is 32.1. The molecule has 0 amide bonds. The Kier molecular flexibility index (Phi) is 5.82. The minimum Gasteiger partial charge on any atom is -0.226 e. The molecule has 0 aliphatic heterocycles. The van der Waals surface area contributed by atoms with Crippen LogP contribution in [0.25, 0.3) is 85.9 Å². The lowest BCUT2D eigenvalue weighted by Gasteiger charge is -2.09. The van der Waals surface area contributed by atoms with Crippen molar-refractivity contribution in [1.29, 1.82) is 0 Å². The van der Waals surface area contributed by atoms with Crippen molar-refractivity contribution in [2.45, 2.75) is 0 Å². The van der Waals surface area contributed by atoms with E-state index in [0.717, 1.165) is 76.5 Å². The van der Waals surface area contributed by atoms with E-state index in [1.54, 1.807) is 22.7 Å². The first kappa shape index (κ1) is 25.2. The average Bonchev–Trinajstić information content (AvgIpc) is 3.67. The largest absolute Gasteiger partial charge is 0.226 e. The van der Waals surface area contributed by atoms with Gasteiger partial charge in [0.2, 0.25) is 0 Å². The maximum absolute atomic E-state index is 5.15. The summed E-state index contributed by atoms with van der Waals surface area (Å²) in [6.07, 6.45) is 0. The Morgan fingerprint density at radius 3 is 1.16 bits per heavy atom. The summed E-state index contributed by atoms with van der Waals surface area (Å²) in [7, 11) is 0. The number of hydrogen-bond donors (Lipinski definition) is 0. The smallest absolute Gasteiger partial charge is 0.160 e. The molecule has 0 aliphatic carbocycles. The van der Waals surface area contributed by atoms with Crippen LogP contribution in [-0.2, 0) is 0 Å². The zero-order valence-electron chi connectivity index (χ0n) is 23.3. The number of hydrogen-bond acceptors (Lipinski definition) is 6. The zero-order chi connectivity index (χ0) is 29.0. The molecule has 9 aromatic rings. The molecule has 4 nitrogen and oxygen atoms in total. The molecule has 206 valence electrons. The van der Waals surface area contributed by atoms with E-state index in [4.69, 9.17) is 19.9 Å². The number of rotatable bonds is 4. The van der Waals surface area contributed by atoms with Crippen LogP contribution in [-0.4, -0.2) is 19.9 Å². The molecule has 9 rings (SSSR count). The summed E-state index contributed by atoms with van der Waals surface area (Å²) in [5, 5.41) is 2.32. The van der Waals surface area contributed by atoms with Crippen molar-refractivity contribution < 1.29 is 0 Å². The van der Waals surface area contributed by atoms with Crippen LogP contribution in [0.3, 0.4) is 0 Å². The van der Waals surface area contributed by atoms with E-state index in [1.807, 2.05) is 36.4 Å². The van der Waals surface area contributed by atoms with Crippen molar-refractivity contribution in [3.05, 3.63) is 133 Å². The van der Waals surface area contributed by atoms with Gasteiger partial charge in [0, 0.05) is 42.4 Å². The quantitative estimate of drug-likeness (QED) is 0.202. The minimum absolute atomic E-state index is 0.732. The molecule has 0 saturated carbocycles. The maximum Gasteiger partial charge on any atom is 0.160 e. The summed E-state index contributed by atoms with van der Waals surface area (Å²) in [6.45, 7) is 0. The van der Waals surface area contributed by atoms with Crippen molar-refractivity contribution >= 4 is 63.3 Å². The van der Waals surface area contributed by atoms with E-state index >= 15 is 0 Å². The van der Waals surface area contributed by atoms with E-state index in [0.29, 0.717) is 0 Å². The first-order valence-electron chi connectivity index (χ1n) is 14.4. The third kappa shape index (κ3) is 4.11. The third-order valence-corrected chi connectivity index (χ3v) is 10.3. The van der Waals surface area contributed by atoms with E-state index in [2.05, 4.69) is 97.1 Å². The Bertz CT molecular complexity index is 2310. The lowest BCUT2D eigenvalue weighted by Crippen LogP contribution is -1.95. The van der Waals surface area contributed by atoms with E-state index < -0.39 is 0 Å². The van der Waals surface area contributed by atoms with Gasteiger partial charge in [-0.15, -0.1) is 22.7 Å². The molecule has 0 unspecified atom stereocenters. The highest BCUT2D eigenvalue weighted by Gasteiger charge is 2.19. The molecule has 4 heterocycles. The van der Waals surface area contributed by atoms with Gasteiger partial charge in [-0.25, -0.2) is 19.9 Å². The van der Waals surface area contributed by atoms with Gasteiger partial charge >= 0.3 is 0 Å². The first-order valence-corrected chi connectivity index (χ1v) is 16.0. The Morgan fingerprint density at radius 1 is 0.341 bits per heavy atom. The zero-order valence-corrected chi connectivity index (χ0v) is 24.9. The molecular weight excluding hydrogens is 577 g/mol. The Hall–Kier alpha value is -5.30. The molecule has 0 aliphatic rings. The molecule has 0 N–H and O–H groups in total. The fourth-order valence-corrected chi connectivity index (χ4v) is 8.10. The second-order valence-electron chi connectivity index (χ2n) is 10.7. The van der Waals surface area contributed by atoms with Crippen LogP contribution in [0.5, 0.6) is 0 Å². The van der Waals surface area contributed by atoms with Crippen molar-refractivity contribution in [2.75, 3.05) is 0 Å². The standard InChI is InChI=1S/C38H22N4S2/c1-3-11-25(12-4-1)37-39-31(35-33(41-37)27-15-7-9-17-29(27)43-35)23-19-21-24(22-20-23)32-36-34(28-16-8-10-18-30(28)44-36)42-38(40-32)26-13-5-2-6-14-26/h1-22H. The lowest BCUT2D eigenvalue weighted by molar-refractivity contribution is 1.23. The molecule has 5 aromatic carbocycles. The van der Waals surface area contributed by atoms with Gasteiger partial charge < -0.3 is 0 Å². The topological polar surface area (TPSA) is 51.6 Å². The molecule has 0 radical (unpaired) electrons. The Balaban J connectivity index is 1.24. The van der Waals surface area contributed by atoms with Gasteiger partial charge in [0.15, 0.2) is 11.6 Å². The molecular formula is C38H22N4S2. The van der Waals surface area contributed by atoms with Gasteiger partial charge in [0.25, 0.3) is 0 Å². The van der Waals surface area contributed by atoms with Crippen LogP contribution >= 0.6 is 22.7 Å². The van der Waals surface area contributed by atoms with Crippen molar-refractivity contribution in [2.24, 2.45) is 0 Å². The second-order valence-corrected chi connectivity index (χ2v) is 12.8. The Labute approximate surface area is 261 Å². The van der Waals surface area contributed by atoms with E-state index in [-0.39, 0.29) is 0 Å². The molecule has 0 saturated heterocycles. The normalized spacial score (nSPS) is 11.6. The molecule has 6 heteroatoms. The molecule has 0 atom stereocenters. The van der Waals surface area contributed by atoms with Crippen LogP contribution < -0.4 is 0 Å². The highest BCUT2D eigenvalue weighted by Crippen LogP contribution is 2.42. The highest BCUT2D eigenvalue weighted by molar-refractivity contribution is 7.26. The summed E-state index contributed by atoms with van der Waals surface area (Å²) in [5.41, 5.74) is 7.99. The van der Waals surface area contributed by atoms with Gasteiger partial charge in [-0.3, -0.25) is 0 Å². The predicted octanol–water partition coefficient (Wildman–Crippen LogP) is 10.7. The molecule has 44 heavy (non-hydrogen) atoms. The van der Waals surface area contributed by atoms with Crippen LogP contribution in [0, 0.1) is 0 Å². The monoisotopic (exact) mass is 598 g/mol. The molecule has 0 spiro atoms. The van der Waals surface area contributed by atoms with Crippen molar-refractivity contribution in [3.8, 4) is 45.3 Å². The fourth-order valence-electron chi connectivity index (χ4n) is 5.79. The molecule has 4 aromatic heterocycles. The van der Waals surface area contributed by atoms with Gasteiger partial charge in [-0.2, -0.15) is 0 Å². The number of benzene rings is 5. The van der Waals surface area contributed by atoms with Crippen LogP contribution in [0.1, 0.15) is 0 Å². The number of nitrogens with zero attached hydrogens (tertiary/aromatic N) is 4. The summed E-state index contributed by atoms with van der Waals surface area (Å²) in [4.78, 5) is 20.4. The summed E-state index contributed by atoms with van der Waals surface area (Å²) in [5.74, 6) is 1.46. The van der Waals surface area contributed by atoms with Crippen LogP contribution in [0.4, 0.5) is 0 Å². The van der Waals surface area contributed by atoms with Gasteiger partial charge in [0.1, 0.15) is 0 Å². The Morgan fingerprint density at radius 2 is 0.727 bits per heavy atom. The summed E-state index contributed by atoms with van der Waals surface area (Å²) >= 11 is 3.49. The maximum atomic E-state index is 5.15. The fraction of sp³-hybridized carbons (Fsp3) is 0. The number of fused-ring (bicyclic) bond motifs is 6.